The van der Waals surface area contributed by atoms with Crippen LogP contribution in [-0.4, -0.2) is 19.0 Å². The van der Waals surface area contributed by atoms with E-state index in [0.29, 0.717) is 0 Å². The molecule has 12 heavy (non-hydrogen) atoms. The summed E-state index contributed by atoms with van der Waals surface area (Å²) < 4.78 is 3.39. The summed E-state index contributed by atoms with van der Waals surface area (Å²) in [4.78, 5) is 10.2. The second kappa shape index (κ2) is 3.47. The zero-order chi connectivity index (χ0) is 9.14. The fraction of sp³-hybridized carbons (Fsp3) is 0.625. The third-order valence-corrected chi connectivity index (χ3v) is 1.95. The highest BCUT2D eigenvalue weighted by molar-refractivity contribution is 5.03. The molecule has 0 amide bonds. The van der Waals surface area contributed by atoms with Gasteiger partial charge in [0.25, 0.3) is 0 Å². The van der Waals surface area contributed by atoms with E-state index in [0.717, 1.165) is 17.8 Å². The number of imidazole rings is 1. The number of rotatable bonds is 3. The van der Waals surface area contributed by atoms with Gasteiger partial charge in [0, 0.05) is 13.3 Å². The van der Waals surface area contributed by atoms with Crippen molar-refractivity contribution in [3.05, 3.63) is 17.7 Å². The molecular weight excluding hydrogens is 156 g/mol. The molecular formula is C8H15N2O2+. The van der Waals surface area contributed by atoms with Crippen LogP contribution < -0.4 is 14.4 Å². The van der Waals surface area contributed by atoms with Crippen molar-refractivity contribution in [1.29, 1.82) is 0 Å². The summed E-state index contributed by atoms with van der Waals surface area (Å²) in [5, 5.41) is 0. The van der Waals surface area contributed by atoms with Crippen molar-refractivity contribution >= 4 is 0 Å². The largest absolute Gasteiger partial charge is 0.339 e. The van der Waals surface area contributed by atoms with Crippen LogP contribution in [0, 0.1) is 6.92 Å². The van der Waals surface area contributed by atoms with E-state index >= 15 is 0 Å². The van der Waals surface area contributed by atoms with Gasteiger partial charge in [-0.25, -0.2) is 0 Å². The molecule has 0 fully saturated rings. The molecule has 0 aliphatic heterocycles. The second-order valence-corrected chi connectivity index (χ2v) is 2.52. The molecule has 1 rings (SSSR count). The molecule has 0 bridgehead atoms. The molecule has 0 atom stereocenters. The normalized spacial score (nSPS) is 10.0. The monoisotopic (exact) mass is 171 g/mol. The molecule has 1 aromatic rings. The lowest BCUT2D eigenvalue weighted by atomic mass is 10.3. The van der Waals surface area contributed by atoms with E-state index in [1.807, 2.05) is 6.92 Å². The Morgan fingerprint density at radius 2 is 2.17 bits per heavy atom. The van der Waals surface area contributed by atoms with Gasteiger partial charge < -0.3 is 9.68 Å². The molecule has 0 aliphatic carbocycles. The van der Waals surface area contributed by atoms with Gasteiger partial charge >= 0.3 is 6.33 Å². The summed E-state index contributed by atoms with van der Waals surface area (Å²) in [6.45, 7) is 4.08. The average molecular weight is 171 g/mol. The summed E-state index contributed by atoms with van der Waals surface area (Å²) in [6.07, 6.45) is 2.70. The lowest BCUT2D eigenvalue weighted by Crippen LogP contribution is -2.42. The standard InChI is InChI=1S/C8H15N2O2/c1-5-8-7(2)9(11-3)6-10(8)12-4/h6H,5H2,1-4H3/q+1. The van der Waals surface area contributed by atoms with Crippen LogP contribution in [0.1, 0.15) is 18.3 Å². The maximum Gasteiger partial charge on any atom is 0.323 e. The summed E-state index contributed by atoms with van der Waals surface area (Å²) in [7, 11) is 3.27. The Labute approximate surface area is 72.2 Å². The molecule has 0 radical (unpaired) electrons. The van der Waals surface area contributed by atoms with Crippen LogP contribution in [0.4, 0.5) is 0 Å². The molecule has 1 heterocycles. The molecule has 0 unspecified atom stereocenters. The molecule has 0 aromatic carbocycles. The number of hydrogen-bond donors (Lipinski definition) is 0. The van der Waals surface area contributed by atoms with Gasteiger partial charge in [0.2, 0.25) is 0 Å². The number of hydrogen-bond acceptors (Lipinski definition) is 2. The van der Waals surface area contributed by atoms with Crippen LogP contribution in [0.3, 0.4) is 0 Å². The first kappa shape index (κ1) is 8.90. The predicted octanol–water partition coefficient (Wildman–Crippen LogP) is -0.237. The van der Waals surface area contributed by atoms with E-state index in [2.05, 4.69) is 6.92 Å². The van der Waals surface area contributed by atoms with Crippen molar-refractivity contribution < 1.29 is 14.4 Å². The van der Waals surface area contributed by atoms with Crippen LogP contribution in [-0.2, 0) is 6.42 Å². The third kappa shape index (κ3) is 1.24. The number of nitrogens with zero attached hydrogens (tertiary/aromatic N) is 2. The zero-order valence-corrected chi connectivity index (χ0v) is 8.00. The highest BCUT2D eigenvalue weighted by Crippen LogP contribution is 2.01. The molecule has 4 nitrogen and oxygen atoms in total. The fourth-order valence-corrected chi connectivity index (χ4v) is 1.29. The van der Waals surface area contributed by atoms with Crippen molar-refractivity contribution in [2.24, 2.45) is 0 Å². The van der Waals surface area contributed by atoms with Crippen LogP contribution in [0.2, 0.25) is 0 Å². The Morgan fingerprint density at radius 1 is 1.50 bits per heavy atom. The van der Waals surface area contributed by atoms with Crippen molar-refractivity contribution in [2.45, 2.75) is 20.3 Å². The molecule has 0 saturated carbocycles. The quantitative estimate of drug-likeness (QED) is 0.587. The second-order valence-electron chi connectivity index (χ2n) is 2.52. The first-order chi connectivity index (χ1) is 5.74. The van der Waals surface area contributed by atoms with E-state index in [9.17, 15) is 0 Å². The third-order valence-electron chi connectivity index (χ3n) is 1.95. The van der Waals surface area contributed by atoms with E-state index in [1.54, 1.807) is 30.0 Å². The number of aromatic nitrogens is 2. The Balaban J connectivity index is 3.13. The molecule has 68 valence electrons. The van der Waals surface area contributed by atoms with Gasteiger partial charge in [0.15, 0.2) is 11.4 Å². The summed E-state index contributed by atoms with van der Waals surface area (Å²) >= 11 is 0. The summed E-state index contributed by atoms with van der Waals surface area (Å²) in [6, 6.07) is 0. The van der Waals surface area contributed by atoms with E-state index in [-0.39, 0.29) is 0 Å². The van der Waals surface area contributed by atoms with Crippen molar-refractivity contribution in [1.82, 2.24) is 4.73 Å². The first-order valence-corrected chi connectivity index (χ1v) is 3.96. The van der Waals surface area contributed by atoms with Gasteiger partial charge in [-0.3, -0.25) is 0 Å². The van der Waals surface area contributed by atoms with Gasteiger partial charge in [-0.1, -0.05) is 6.92 Å². The lowest BCUT2D eigenvalue weighted by molar-refractivity contribution is -0.890. The molecule has 0 N–H and O–H groups in total. The highest BCUT2D eigenvalue weighted by atomic mass is 16.7. The van der Waals surface area contributed by atoms with Gasteiger partial charge in [0.05, 0.1) is 0 Å². The predicted molar refractivity (Wildman–Crippen MR) is 43.8 cm³/mol. The lowest BCUT2D eigenvalue weighted by Gasteiger charge is -1.93. The van der Waals surface area contributed by atoms with Crippen LogP contribution in [0.15, 0.2) is 6.33 Å². The molecule has 0 aliphatic rings. The Kier molecular flexibility index (Phi) is 2.58. The zero-order valence-electron chi connectivity index (χ0n) is 8.00. The van der Waals surface area contributed by atoms with Crippen LogP contribution in [0.25, 0.3) is 0 Å². The Hall–Kier alpha value is -1.19. The maximum atomic E-state index is 5.12. The summed E-state index contributed by atoms with van der Waals surface area (Å²) in [5.41, 5.74) is 2.20. The van der Waals surface area contributed by atoms with E-state index in [1.165, 1.54) is 0 Å². The minimum absolute atomic E-state index is 0.927. The van der Waals surface area contributed by atoms with Crippen molar-refractivity contribution in [2.75, 3.05) is 14.2 Å². The van der Waals surface area contributed by atoms with Crippen LogP contribution >= 0.6 is 0 Å². The molecule has 0 saturated heterocycles. The Morgan fingerprint density at radius 3 is 2.50 bits per heavy atom. The average Bonchev–Trinajstić information content (AvgIpc) is 2.41. The minimum atomic E-state index is 0.927. The van der Waals surface area contributed by atoms with Crippen molar-refractivity contribution in [3.63, 3.8) is 0 Å². The Bertz CT molecular complexity index is 268. The smallest absolute Gasteiger partial charge is 0.323 e. The van der Waals surface area contributed by atoms with Crippen LogP contribution in [0.5, 0.6) is 0 Å². The van der Waals surface area contributed by atoms with E-state index in [4.69, 9.17) is 9.68 Å². The molecule has 0 spiro atoms. The van der Waals surface area contributed by atoms with Gasteiger partial charge in [-0.15, -0.1) is 0 Å². The minimum Gasteiger partial charge on any atom is -0.339 e. The highest BCUT2D eigenvalue weighted by Gasteiger charge is 2.19. The summed E-state index contributed by atoms with van der Waals surface area (Å²) in [5.74, 6) is 0. The van der Waals surface area contributed by atoms with Gasteiger partial charge in [0.1, 0.15) is 14.2 Å². The maximum absolute atomic E-state index is 5.12. The van der Waals surface area contributed by atoms with Gasteiger partial charge in [-0.2, -0.15) is 0 Å². The van der Waals surface area contributed by atoms with Crippen molar-refractivity contribution in [3.8, 4) is 0 Å². The van der Waals surface area contributed by atoms with Gasteiger partial charge in [-0.05, 0) is 9.46 Å². The molecule has 1 aromatic heterocycles. The first-order valence-electron chi connectivity index (χ1n) is 3.96. The topological polar surface area (TPSA) is 27.3 Å². The molecule has 4 heteroatoms. The van der Waals surface area contributed by atoms with E-state index < -0.39 is 0 Å². The fourth-order valence-electron chi connectivity index (χ4n) is 1.29. The SMILES string of the molecule is CCc1c(C)n(OC)c[n+]1OC.